The lowest BCUT2D eigenvalue weighted by Gasteiger charge is -2.23. The molecule has 0 aliphatic heterocycles. The molecule has 0 radical (unpaired) electrons. The van der Waals surface area contributed by atoms with Crippen molar-refractivity contribution < 1.29 is 9.18 Å². The highest BCUT2D eigenvalue weighted by Crippen LogP contribution is 2.32. The van der Waals surface area contributed by atoms with Gasteiger partial charge in [-0.05, 0) is 36.5 Å². The third kappa shape index (κ3) is 6.45. The first kappa shape index (κ1) is 19.9. The summed E-state index contributed by atoms with van der Waals surface area (Å²) in [7, 11) is 0. The molecule has 0 aromatic heterocycles. The number of hydrogen-bond acceptors (Lipinski definition) is 1. The fourth-order valence-corrected chi connectivity index (χ4v) is 3.28. The highest BCUT2D eigenvalue weighted by atomic mass is 19.1. The van der Waals surface area contributed by atoms with E-state index in [1.807, 2.05) is 13.0 Å². The van der Waals surface area contributed by atoms with Crippen LogP contribution >= 0.6 is 0 Å². The number of halogens is 1. The predicted octanol–water partition coefficient (Wildman–Crippen LogP) is 6.58. The molecule has 1 nitrogen and oxygen atoms in total. The fraction of sp³-hybridized carbons (Fsp3) is 0.667. The largest absolute Gasteiger partial charge is 0.299 e. The zero-order valence-corrected chi connectivity index (χ0v) is 15.3. The summed E-state index contributed by atoms with van der Waals surface area (Å²) >= 11 is 0. The summed E-state index contributed by atoms with van der Waals surface area (Å²) in [6, 6.07) is 5.18. The van der Waals surface area contributed by atoms with Crippen LogP contribution in [0.25, 0.3) is 0 Å². The molecule has 0 aliphatic carbocycles. The number of ketones is 1. The molecular weight excluding hydrogens is 287 g/mol. The Morgan fingerprint density at radius 3 is 2.17 bits per heavy atom. The monoisotopic (exact) mass is 320 g/mol. The Morgan fingerprint density at radius 2 is 1.70 bits per heavy atom. The van der Waals surface area contributed by atoms with E-state index in [9.17, 15) is 9.18 Å². The lowest BCUT2D eigenvalue weighted by molar-refractivity contribution is -0.120. The van der Waals surface area contributed by atoms with Gasteiger partial charge in [-0.25, -0.2) is 4.39 Å². The van der Waals surface area contributed by atoms with Crippen molar-refractivity contribution in [1.29, 1.82) is 0 Å². The van der Waals surface area contributed by atoms with E-state index in [-0.39, 0.29) is 17.5 Å². The van der Waals surface area contributed by atoms with E-state index in [2.05, 4.69) is 13.8 Å². The molecular formula is C21H33FO. The lowest BCUT2D eigenvalue weighted by Crippen LogP contribution is -2.17. The number of unbranched alkanes of at least 4 members (excludes halogenated alkanes) is 2. The number of hydrogen-bond donors (Lipinski definition) is 0. The van der Waals surface area contributed by atoms with Crippen LogP contribution in [0, 0.1) is 18.7 Å². The molecule has 0 aliphatic rings. The number of carbonyl (C=O) groups excluding carboxylic acids is 1. The van der Waals surface area contributed by atoms with E-state index in [0.717, 1.165) is 12.0 Å². The van der Waals surface area contributed by atoms with Gasteiger partial charge in [0.25, 0.3) is 0 Å². The Bertz CT molecular complexity index is 473. The van der Waals surface area contributed by atoms with Gasteiger partial charge in [0.2, 0.25) is 0 Å². The van der Waals surface area contributed by atoms with E-state index < -0.39 is 0 Å². The van der Waals surface area contributed by atoms with Crippen molar-refractivity contribution in [2.45, 2.75) is 85.0 Å². The van der Waals surface area contributed by atoms with Gasteiger partial charge in [0, 0.05) is 12.3 Å². The molecule has 1 aromatic carbocycles. The second-order valence-corrected chi connectivity index (χ2v) is 6.77. The fourth-order valence-electron chi connectivity index (χ4n) is 3.28. The molecule has 0 bridgehead atoms. The first-order valence-electron chi connectivity index (χ1n) is 9.32. The summed E-state index contributed by atoms with van der Waals surface area (Å²) in [4.78, 5) is 12.5. The quantitative estimate of drug-likeness (QED) is 0.450. The first-order chi connectivity index (χ1) is 11.0. The SMILES string of the molecule is CCCCC(CCCC)CC(C(=O)CC)c1ccc(F)c(C)c1. The van der Waals surface area contributed by atoms with Crippen LogP contribution in [-0.2, 0) is 4.79 Å². The highest BCUT2D eigenvalue weighted by molar-refractivity contribution is 5.85. The molecule has 0 amide bonds. The van der Waals surface area contributed by atoms with E-state index in [4.69, 9.17) is 0 Å². The number of Topliss-reactive ketones (excluding diaryl/α,β-unsaturated/α-hetero) is 1. The molecule has 23 heavy (non-hydrogen) atoms. The van der Waals surface area contributed by atoms with Crippen molar-refractivity contribution in [3.05, 3.63) is 35.1 Å². The molecule has 1 rings (SSSR count). The van der Waals surface area contributed by atoms with Crippen molar-refractivity contribution in [3.8, 4) is 0 Å². The third-order valence-electron chi connectivity index (χ3n) is 4.82. The topological polar surface area (TPSA) is 17.1 Å². The van der Waals surface area contributed by atoms with Crippen LogP contribution in [0.5, 0.6) is 0 Å². The van der Waals surface area contributed by atoms with Crippen LogP contribution in [0.2, 0.25) is 0 Å². The maximum atomic E-state index is 13.6. The lowest BCUT2D eigenvalue weighted by atomic mass is 9.80. The Morgan fingerprint density at radius 1 is 1.09 bits per heavy atom. The van der Waals surface area contributed by atoms with Crippen LogP contribution in [0.15, 0.2) is 18.2 Å². The summed E-state index contributed by atoms with van der Waals surface area (Å²) in [6.45, 7) is 8.14. The number of carbonyl (C=O) groups is 1. The second-order valence-electron chi connectivity index (χ2n) is 6.77. The Labute approximate surface area is 141 Å². The summed E-state index contributed by atoms with van der Waals surface area (Å²) < 4.78 is 13.6. The maximum Gasteiger partial charge on any atom is 0.140 e. The number of benzene rings is 1. The van der Waals surface area contributed by atoms with E-state index in [1.165, 1.54) is 44.6 Å². The minimum absolute atomic E-state index is 0.0713. The minimum Gasteiger partial charge on any atom is -0.299 e. The van der Waals surface area contributed by atoms with Crippen molar-refractivity contribution >= 4 is 5.78 Å². The molecule has 0 saturated heterocycles. The van der Waals surface area contributed by atoms with Crippen molar-refractivity contribution in [3.63, 3.8) is 0 Å². The normalized spacial score (nSPS) is 12.6. The van der Waals surface area contributed by atoms with Gasteiger partial charge in [-0.1, -0.05) is 71.4 Å². The van der Waals surface area contributed by atoms with Crippen molar-refractivity contribution in [2.24, 2.45) is 5.92 Å². The van der Waals surface area contributed by atoms with E-state index in [0.29, 0.717) is 17.9 Å². The van der Waals surface area contributed by atoms with Gasteiger partial charge >= 0.3 is 0 Å². The molecule has 130 valence electrons. The zero-order valence-electron chi connectivity index (χ0n) is 15.3. The molecule has 0 heterocycles. The van der Waals surface area contributed by atoms with Crippen molar-refractivity contribution in [1.82, 2.24) is 0 Å². The summed E-state index contributed by atoms with van der Waals surface area (Å²) in [6.07, 6.45) is 8.71. The van der Waals surface area contributed by atoms with Crippen LogP contribution in [0.4, 0.5) is 4.39 Å². The van der Waals surface area contributed by atoms with Crippen LogP contribution in [0.1, 0.15) is 89.2 Å². The van der Waals surface area contributed by atoms with Gasteiger partial charge in [0.15, 0.2) is 0 Å². The van der Waals surface area contributed by atoms with Gasteiger partial charge in [0.1, 0.15) is 11.6 Å². The Kier molecular flexibility index (Phi) is 9.13. The molecule has 0 fully saturated rings. The first-order valence-corrected chi connectivity index (χ1v) is 9.32. The molecule has 1 aromatic rings. The van der Waals surface area contributed by atoms with Crippen LogP contribution < -0.4 is 0 Å². The van der Waals surface area contributed by atoms with Gasteiger partial charge in [-0.2, -0.15) is 0 Å². The standard InChI is InChI=1S/C21H33FO/c1-5-8-10-17(11-9-6-2)15-19(21(23)7-3)18-12-13-20(22)16(4)14-18/h12-14,17,19H,5-11,15H2,1-4H3. The molecule has 1 atom stereocenters. The summed E-state index contributed by atoms with van der Waals surface area (Å²) in [5.74, 6) is 0.623. The van der Waals surface area contributed by atoms with Crippen LogP contribution in [0.3, 0.4) is 0 Å². The number of aryl methyl sites for hydroxylation is 1. The van der Waals surface area contributed by atoms with Gasteiger partial charge < -0.3 is 0 Å². The third-order valence-corrected chi connectivity index (χ3v) is 4.82. The highest BCUT2D eigenvalue weighted by Gasteiger charge is 2.23. The minimum atomic E-state index is -0.190. The van der Waals surface area contributed by atoms with Gasteiger partial charge in [0.05, 0.1) is 0 Å². The Balaban J connectivity index is 2.94. The molecule has 0 saturated carbocycles. The Hall–Kier alpha value is -1.18. The van der Waals surface area contributed by atoms with Crippen molar-refractivity contribution in [2.75, 3.05) is 0 Å². The maximum absolute atomic E-state index is 13.6. The average molecular weight is 320 g/mol. The van der Waals surface area contributed by atoms with Crippen LogP contribution in [-0.4, -0.2) is 5.78 Å². The molecule has 2 heteroatoms. The smallest absolute Gasteiger partial charge is 0.140 e. The van der Waals surface area contributed by atoms with Gasteiger partial charge in [-0.3, -0.25) is 4.79 Å². The van der Waals surface area contributed by atoms with E-state index >= 15 is 0 Å². The van der Waals surface area contributed by atoms with Gasteiger partial charge in [-0.15, -0.1) is 0 Å². The molecule has 1 unspecified atom stereocenters. The molecule has 0 spiro atoms. The second kappa shape index (κ2) is 10.6. The predicted molar refractivity (Wildman–Crippen MR) is 96.3 cm³/mol. The zero-order chi connectivity index (χ0) is 17.2. The average Bonchev–Trinajstić information content (AvgIpc) is 2.56. The summed E-state index contributed by atoms with van der Waals surface area (Å²) in [5, 5.41) is 0. The molecule has 0 N–H and O–H groups in total. The number of rotatable bonds is 11. The summed E-state index contributed by atoms with van der Waals surface area (Å²) in [5.41, 5.74) is 1.63. The van der Waals surface area contributed by atoms with E-state index in [1.54, 1.807) is 13.0 Å².